The van der Waals surface area contributed by atoms with Gasteiger partial charge < -0.3 is 21.1 Å². The van der Waals surface area contributed by atoms with Gasteiger partial charge >= 0.3 is 10.1 Å². The highest BCUT2D eigenvalue weighted by Gasteiger charge is 2.34. The van der Waals surface area contributed by atoms with E-state index in [9.17, 15) is 22.9 Å². The van der Waals surface area contributed by atoms with Crippen LogP contribution in [0.25, 0.3) is 0 Å². The zero-order valence-electron chi connectivity index (χ0n) is 44.2. The molecule has 69 heavy (non-hydrogen) atoms. The van der Waals surface area contributed by atoms with Crippen molar-refractivity contribution in [3.05, 3.63) is 174 Å². The van der Waals surface area contributed by atoms with Crippen molar-refractivity contribution in [2.75, 3.05) is 16.0 Å². The Hall–Kier alpha value is -6.03. The first-order chi connectivity index (χ1) is 31.9. The topological polar surface area (TPSA) is 128 Å². The highest BCUT2D eigenvalue weighted by Crippen LogP contribution is 2.44. The van der Waals surface area contributed by atoms with E-state index in [1.165, 1.54) is 39.4 Å². The summed E-state index contributed by atoms with van der Waals surface area (Å²) in [4.78, 5) is 13.8. The molecule has 6 rings (SSSR count). The molecule has 6 aromatic carbocycles. The monoisotopic (exact) mass is 949 g/mol. The van der Waals surface area contributed by atoms with Crippen LogP contribution in [-0.2, 0) is 20.9 Å². The van der Waals surface area contributed by atoms with Gasteiger partial charge in [-0.05, 0) is 183 Å². The second-order valence-corrected chi connectivity index (χ2v) is 23.3. The maximum atomic E-state index is 14.2. The molecule has 0 aromatic heterocycles. The van der Waals surface area contributed by atoms with E-state index >= 15 is 0 Å². The van der Waals surface area contributed by atoms with Gasteiger partial charge in [-0.1, -0.05) is 81.4 Å². The number of nitrogens with one attached hydrogen (secondary N) is 3. The molecule has 5 N–H and O–H groups in total. The van der Waals surface area contributed by atoms with Crippen molar-refractivity contribution >= 4 is 44.5 Å². The summed E-state index contributed by atoms with van der Waals surface area (Å²) in [6.45, 7) is 37.5. The van der Waals surface area contributed by atoms with Crippen LogP contribution in [0.1, 0.15) is 175 Å². The number of carbonyl (C=O) groups excluding carboxylic acids is 1. The molecule has 9 heteroatoms. The maximum absolute atomic E-state index is 14.2. The van der Waals surface area contributed by atoms with Gasteiger partial charge in [0.05, 0.1) is 39.7 Å². The minimum absolute atomic E-state index is 0.0687. The van der Waals surface area contributed by atoms with Crippen LogP contribution in [0, 0.1) is 61.3 Å². The normalized spacial score (nSPS) is 12.2. The van der Waals surface area contributed by atoms with Gasteiger partial charge in [0.15, 0.2) is 0 Å². The van der Waals surface area contributed by atoms with Crippen LogP contribution in [0.3, 0.4) is 0 Å². The molecule has 0 unspecified atom stereocenters. The zero-order chi connectivity index (χ0) is 51.4. The number of phenolic OH excluding ortho intramolecular Hbond substituents is 1. The predicted molar refractivity (Wildman–Crippen MR) is 289 cm³/mol. The van der Waals surface area contributed by atoms with Crippen molar-refractivity contribution < 1.29 is 22.9 Å². The molecule has 364 valence electrons. The summed E-state index contributed by atoms with van der Waals surface area (Å²) in [5, 5.41) is 21.8. The van der Waals surface area contributed by atoms with Gasteiger partial charge in [-0.25, -0.2) is 0 Å². The summed E-state index contributed by atoms with van der Waals surface area (Å²) in [6.07, 6.45) is 0. The second kappa shape index (κ2) is 19.4. The van der Waals surface area contributed by atoms with E-state index in [4.69, 9.17) is 0 Å². The highest BCUT2D eigenvalue weighted by molar-refractivity contribution is 7.86. The van der Waals surface area contributed by atoms with Crippen molar-refractivity contribution in [1.29, 1.82) is 0 Å². The largest absolute Gasteiger partial charge is 0.507 e. The van der Waals surface area contributed by atoms with Crippen molar-refractivity contribution in [3.8, 4) is 5.75 Å². The summed E-state index contributed by atoms with van der Waals surface area (Å²) < 4.78 is 38.7. The van der Waals surface area contributed by atoms with E-state index in [0.29, 0.717) is 22.6 Å². The van der Waals surface area contributed by atoms with E-state index in [-0.39, 0.29) is 33.7 Å². The molecule has 0 spiro atoms. The summed E-state index contributed by atoms with van der Waals surface area (Å²) in [6, 6.07) is 24.8. The number of benzene rings is 6. The Morgan fingerprint density at radius 1 is 0.565 bits per heavy atom. The number of anilines is 5. The van der Waals surface area contributed by atoms with Gasteiger partial charge in [-0.2, -0.15) is 8.42 Å². The van der Waals surface area contributed by atoms with Gasteiger partial charge in [0.2, 0.25) is 0 Å². The van der Waals surface area contributed by atoms with Gasteiger partial charge in [0.25, 0.3) is 5.91 Å². The number of amides is 1. The Kier molecular flexibility index (Phi) is 14.7. The third kappa shape index (κ3) is 10.9. The molecule has 0 radical (unpaired) electrons. The van der Waals surface area contributed by atoms with Crippen LogP contribution in [0.2, 0.25) is 0 Å². The Morgan fingerprint density at radius 2 is 0.986 bits per heavy atom. The lowest BCUT2D eigenvalue weighted by atomic mass is 9.78. The Bertz CT molecular complexity index is 2940. The average Bonchev–Trinajstić information content (AvgIpc) is 3.24. The molecule has 0 heterocycles. The van der Waals surface area contributed by atoms with Crippen LogP contribution < -0.4 is 16.0 Å². The van der Waals surface area contributed by atoms with Crippen LogP contribution in [0.15, 0.2) is 83.8 Å². The fraction of sp³-hybridized carbons (Fsp3) is 0.367. The average molecular weight is 949 g/mol. The number of rotatable bonds is 12. The summed E-state index contributed by atoms with van der Waals surface area (Å²) in [5.74, 6) is 0.399. The SMILES string of the molecule is Cc1cc(C)c(Nc2ccc([C+](c3ccc(Nc4c(C)cc(C)c(C)c4C)c(C(C)C)c3)c3ccc(NC(=O)c4cc(C(C)(C)C)c(O)c(C(C)(C)C)c4)cc3S(=O)(=O)O)cc2C(C)C)c(C)c1C. The summed E-state index contributed by atoms with van der Waals surface area (Å²) in [7, 11) is -4.89. The lowest BCUT2D eigenvalue weighted by molar-refractivity contribution is 0.102. The third-order valence-corrected chi connectivity index (χ3v) is 14.8. The van der Waals surface area contributed by atoms with Crippen molar-refractivity contribution in [2.24, 2.45) is 0 Å². The van der Waals surface area contributed by atoms with E-state index in [2.05, 4.69) is 135 Å². The van der Waals surface area contributed by atoms with Crippen molar-refractivity contribution in [2.45, 2.75) is 152 Å². The van der Waals surface area contributed by atoms with Gasteiger partial charge in [-0.3, -0.25) is 9.35 Å². The first kappa shape index (κ1) is 52.3. The minimum atomic E-state index is -4.89. The standard InChI is InChI=1S/C60H73N3O5S/c1-32(2)47-27-42(19-23-51(47)62-55-36(7)25-34(5)38(9)40(55)11)54(43-20-24-52(48(28-43)33(3)4)63-56-37(8)26-35(6)39(10)41(56)12)46-22-21-45(31-53(46)69(66,67)68)61-58(65)44-29-49(59(13,14)15)57(64)50(30-44)60(16,17)18/h19-33,62-63H,1-18H3,(H2-,61,64,65,66,67,68)/p+1. The molecular formula is C60H74N3O5S+. The van der Waals surface area contributed by atoms with E-state index in [1.54, 1.807) is 24.3 Å². The number of aryl methyl sites for hydroxylation is 4. The Labute approximate surface area is 413 Å². The van der Waals surface area contributed by atoms with Gasteiger partial charge in [0.1, 0.15) is 10.6 Å². The molecule has 0 aliphatic rings. The molecule has 0 bridgehead atoms. The van der Waals surface area contributed by atoms with Crippen molar-refractivity contribution in [1.82, 2.24) is 0 Å². The molecule has 0 saturated heterocycles. The van der Waals surface area contributed by atoms with Crippen LogP contribution >= 0.6 is 0 Å². The lowest BCUT2D eigenvalue weighted by Crippen LogP contribution is -2.21. The van der Waals surface area contributed by atoms with Gasteiger partial charge in [0, 0.05) is 45.3 Å². The molecular weight excluding hydrogens is 875 g/mol. The smallest absolute Gasteiger partial charge is 0.315 e. The van der Waals surface area contributed by atoms with Gasteiger partial charge in [-0.15, -0.1) is 0 Å². The van der Waals surface area contributed by atoms with Crippen molar-refractivity contribution in [3.63, 3.8) is 0 Å². The lowest BCUT2D eigenvalue weighted by Gasteiger charge is -2.28. The molecule has 0 atom stereocenters. The van der Waals surface area contributed by atoms with Crippen LogP contribution in [0.4, 0.5) is 28.4 Å². The number of aromatic hydroxyl groups is 1. The van der Waals surface area contributed by atoms with E-state index in [0.717, 1.165) is 56.1 Å². The van der Waals surface area contributed by atoms with Crippen LogP contribution in [-0.4, -0.2) is 24.0 Å². The summed E-state index contributed by atoms with van der Waals surface area (Å²) in [5.41, 5.74) is 18.2. The minimum Gasteiger partial charge on any atom is -0.507 e. The zero-order valence-corrected chi connectivity index (χ0v) is 45.0. The summed E-state index contributed by atoms with van der Waals surface area (Å²) >= 11 is 0. The van der Waals surface area contributed by atoms with E-state index in [1.807, 2.05) is 53.7 Å². The number of hydrogen-bond acceptors (Lipinski definition) is 6. The number of hydrogen-bond donors (Lipinski definition) is 5. The number of phenols is 1. The third-order valence-electron chi connectivity index (χ3n) is 13.9. The first-order valence-corrected chi connectivity index (χ1v) is 25.5. The Balaban J connectivity index is 1.56. The predicted octanol–water partition coefficient (Wildman–Crippen LogP) is 15.7. The molecule has 1 amide bonds. The molecule has 8 nitrogen and oxygen atoms in total. The maximum Gasteiger partial charge on any atom is 0.315 e. The molecule has 0 aliphatic carbocycles. The van der Waals surface area contributed by atoms with E-state index < -0.39 is 26.9 Å². The highest BCUT2D eigenvalue weighted by atomic mass is 32.2. The molecule has 6 aromatic rings. The quantitative estimate of drug-likeness (QED) is 0.0470. The molecule has 0 saturated carbocycles. The number of carbonyl (C=O) groups is 1. The Morgan fingerprint density at radius 3 is 1.36 bits per heavy atom. The fourth-order valence-electron chi connectivity index (χ4n) is 9.45. The first-order valence-electron chi connectivity index (χ1n) is 24.1. The molecule has 0 aliphatic heterocycles. The second-order valence-electron chi connectivity index (χ2n) is 21.9. The molecule has 0 fully saturated rings. The van der Waals surface area contributed by atoms with Crippen LogP contribution in [0.5, 0.6) is 5.75 Å². The fourth-order valence-corrected chi connectivity index (χ4v) is 10.2.